The molecule has 0 saturated heterocycles. The van der Waals surface area contributed by atoms with E-state index < -0.39 is 0 Å². The number of nitrogen functional groups attached to an aromatic ring is 1. The van der Waals surface area contributed by atoms with Crippen LogP contribution >= 0.6 is 11.9 Å². The van der Waals surface area contributed by atoms with E-state index in [1.807, 2.05) is 44.2 Å². The smallest absolute Gasteiger partial charge is 0.149 e. The molecular formula is C18H17FN4S. The zero-order valence-corrected chi connectivity index (χ0v) is 14.2. The Morgan fingerprint density at radius 2 is 1.67 bits per heavy atom. The molecule has 0 atom stereocenters. The molecule has 0 aliphatic carbocycles. The van der Waals surface area contributed by atoms with E-state index in [-0.39, 0.29) is 5.82 Å². The molecule has 3 rings (SSSR count). The van der Waals surface area contributed by atoms with Crippen LogP contribution in [0, 0.1) is 19.7 Å². The lowest BCUT2D eigenvalue weighted by atomic mass is 9.99. The summed E-state index contributed by atoms with van der Waals surface area (Å²) < 4.78 is 17.4. The van der Waals surface area contributed by atoms with E-state index in [0.29, 0.717) is 17.3 Å². The van der Waals surface area contributed by atoms with E-state index in [9.17, 15) is 4.39 Å². The number of halogens is 1. The maximum atomic E-state index is 14.3. The second-order valence-electron chi connectivity index (χ2n) is 5.40. The molecule has 0 aliphatic rings. The van der Waals surface area contributed by atoms with E-state index in [2.05, 4.69) is 14.7 Å². The Kier molecular flexibility index (Phi) is 4.66. The van der Waals surface area contributed by atoms with Crippen molar-refractivity contribution in [3.63, 3.8) is 0 Å². The number of benzene rings is 1. The molecule has 0 saturated carbocycles. The Morgan fingerprint density at radius 1 is 0.958 bits per heavy atom. The molecule has 0 radical (unpaired) electrons. The SMILES string of the molecule is Cc1cccc(C)c1-c1nc(NSc2cccc(N)n2)ccc1F. The minimum absolute atomic E-state index is 0.343. The van der Waals surface area contributed by atoms with Crippen LogP contribution in [0.4, 0.5) is 16.0 Å². The normalized spacial score (nSPS) is 10.6. The van der Waals surface area contributed by atoms with Crippen molar-refractivity contribution in [2.24, 2.45) is 0 Å². The fourth-order valence-corrected chi connectivity index (χ4v) is 3.07. The van der Waals surface area contributed by atoms with Gasteiger partial charge in [0.05, 0.1) is 0 Å². The van der Waals surface area contributed by atoms with Gasteiger partial charge < -0.3 is 10.5 Å². The van der Waals surface area contributed by atoms with Crippen LogP contribution in [0.25, 0.3) is 11.3 Å². The van der Waals surface area contributed by atoms with Crippen LogP contribution in [0.15, 0.2) is 53.6 Å². The Balaban J connectivity index is 1.89. The fourth-order valence-electron chi connectivity index (χ4n) is 2.45. The van der Waals surface area contributed by atoms with Crippen LogP contribution in [-0.4, -0.2) is 9.97 Å². The number of aromatic nitrogens is 2. The van der Waals surface area contributed by atoms with E-state index in [0.717, 1.165) is 21.7 Å². The van der Waals surface area contributed by atoms with Crippen LogP contribution in [-0.2, 0) is 0 Å². The molecule has 3 N–H and O–H groups in total. The van der Waals surface area contributed by atoms with Crippen molar-refractivity contribution < 1.29 is 4.39 Å². The molecule has 1 aromatic carbocycles. The quantitative estimate of drug-likeness (QED) is 0.680. The van der Waals surface area contributed by atoms with Crippen LogP contribution in [0.2, 0.25) is 0 Å². The number of anilines is 2. The van der Waals surface area contributed by atoms with Gasteiger partial charge in [0.1, 0.15) is 28.2 Å². The average Bonchev–Trinajstić information content (AvgIpc) is 2.55. The number of nitrogens with two attached hydrogens (primary N) is 1. The molecular weight excluding hydrogens is 323 g/mol. The largest absolute Gasteiger partial charge is 0.384 e. The standard InChI is InChI=1S/C18H17FN4S/c1-11-5-3-6-12(2)17(11)18-13(19)9-10-15(22-18)23-24-16-8-4-7-14(20)21-16/h3-10H,1-2H3,(H2,20,21)(H,22,23). The van der Waals surface area contributed by atoms with E-state index >= 15 is 0 Å². The molecule has 0 fully saturated rings. The molecule has 24 heavy (non-hydrogen) atoms. The lowest BCUT2D eigenvalue weighted by Crippen LogP contribution is -1.99. The molecule has 2 heterocycles. The Bertz CT molecular complexity index is 862. The molecule has 0 amide bonds. The zero-order valence-electron chi connectivity index (χ0n) is 13.4. The predicted molar refractivity (Wildman–Crippen MR) is 97.2 cm³/mol. The number of pyridine rings is 2. The maximum Gasteiger partial charge on any atom is 0.149 e. The van der Waals surface area contributed by atoms with Gasteiger partial charge in [-0.05, 0) is 49.2 Å². The van der Waals surface area contributed by atoms with Gasteiger partial charge in [0.25, 0.3) is 0 Å². The summed E-state index contributed by atoms with van der Waals surface area (Å²) in [6.45, 7) is 3.91. The summed E-state index contributed by atoms with van der Waals surface area (Å²) in [4.78, 5) is 8.63. The lowest BCUT2D eigenvalue weighted by molar-refractivity contribution is 0.626. The summed E-state index contributed by atoms with van der Waals surface area (Å²) in [7, 11) is 0. The van der Waals surface area contributed by atoms with Crippen molar-refractivity contribution in [3.05, 3.63) is 65.5 Å². The van der Waals surface area contributed by atoms with Gasteiger partial charge in [-0.2, -0.15) is 0 Å². The monoisotopic (exact) mass is 340 g/mol. The van der Waals surface area contributed by atoms with Crippen molar-refractivity contribution in [1.82, 2.24) is 9.97 Å². The Morgan fingerprint density at radius 3 is 2.38 bits per heavy atom. The Labute approximate surface area is 144 Å². The lowest BCUT2D eigenvalue weighted by Gasteiger charge is -2.12. The van der Waals surface area contributed by atoms with E-state index in [1.54, 1.807) is 12.1 Å². The van der Waals surface area contributed by atoms with Gasteiger partial charge in [-0.15, -0.1) is 0 Å². The highest BCUT2D eigenvalue weighted by molar-refractivity contribution is 8.00. The molecule has 122 valence electrons. The van der Waals surface area contributed by atoms with Crippen molar-refractivity contribution in [3.8, 4) is 11.3 Å². The number of hydrogen-bond acceptors (Lipinski definition) is 5. The molecule has 4 nitrogen and oxygen atoms in total. The van der Waals surface area contributed by atoms with Gasteiger partial charge >= 0.3 is 0 Å². The highest BCUT2D eigenvalue weighted by Crippen LogP contribution is 2.29. The van der Waals surface area contributed by atoms with E-state index in [4.69, 9.17) is 5.73 Å². The minimum Gasteiger partial charge on any atom is -0.384 e. The first-order valence-corrected chi connectivity index (χ1v) is 8.25. The van der Waals surface area contributed by atoms with Gasteiger partial charge in [-0.25, -0.2) is 14.4 Å². The number of hydrogen-bond donors (Lipinski definition) is 2. The minimum atomic E-state index is -0.343. The van der Waals surface area contributed by atoms with Crippen molar-refractivity contribution in [1.29, 1.82) is 0 Å². The summed E-state index contributed by atoms with van der Waals surface area (Å²) in [6, 6.07) is 14.3. The summed E-state index contributed by atoms with van der Waals surface area (Å²) in [5.41, 5.74) is 8.81. The van der Waals surface area contributed by atoms with Gasteiger partial charge in [0.2, 0.25) is 0 Å². The maximum absolute atomic E-state index is 14.3. The molecule has 0 unspecified atom stereocenters. The molecule has 0 bridgehead atoms. The molecule has 3 aromatic rings. The van der Waals surface area contributed by atoms with Crippen LogP contribution in [0.3, 0.4) is 0 Å². The van der Waals surface area contributed by atoms with Crippen molar-refractivity contribution in [2.45, 2.75) is 18.9 Å². The average molecular weight is 340 g/mol. The van der Waals surface area contributed by atoms with Gasteiger partial charge in [0.15, 0.2) is 0 Å². The third-order valence-electron chi connectivity index (χ3n) is 3.57. The molecule has 2 aromatic heterocycles. The molecule has 0 aliphatic heterocycles. The van der Waals surface area contributed by atoms with Crippen LogP contribution in [0.5, 0.6) is 0 Å². The van der Waals surface area contributed by atoms with Gasteiger partial charge in [-0.3, -0.25) is 0 Å². The van der Waals surface area contributed by atoms with Crippen molar-refractivity contribution >= 4 is 23.6 Å². The molecule has 0 spiro atoms. The summed E-state index contributed by atoms with van der Waals surface area (Å²) >= 11 is 1.28. The number of nitrogens with one attached hydrogen (secondary N) is 1. The third kappa shape index (κ3) is 3.49. The summed E-state index contributed by atoms with van der Waals surface area (Å²) in [5, 5.41) is 0.717. The first kappa shape index (κ1) is 16.3. The second-order valence-corrected chi connectivity index (χ2v) is 6.23. The summed E-state index contributed by atoms with van der Waals surface area (Å²) in [6.07, 6.45) is 0. The van der Waals surface area contributed by atoms with Gasteiger partial charge in [-0.1, -0.05) is 24.3 Å². The number of aryl methyl sites for hydroxylation is 2. The van der Waals surface area contributed by atoms with Crippen LogP contribution in [0.1, 0.15) is 11.1 Å². The van der Waals surface area contributed by atoms with Crippen LogP contribution < -0.4 is 10.5 Å². The highest BCUT2D eigenvalue weighted by Gasteiger charge is 2.13. The molecule has 6 heteroatoms. The second kappa shape index (κ2) is 6.88. The predicted octanol–water partition coefficient (Wildman–Crippen LogP) is 4.60. The number of rotatable bonds is 4. The van der Waals surface area contributed by atoms with Crippen molar-refractivity contribution in [2.75, 3.05) is 10.5 Å². The highest BCUT2D eigenvalue weighted by atomic mass is 32.2. The first-order valence-electron chi connectivity index (χ1n) is 7.43. The zero-order chi connectivity index (χ0) is 17.1. The topological polar surface area (TPSA) is 63.8 Å². The summed E-state index contributed by atoms with van der Waals surface area (Å²) in [5.74, 6) is 0.665. The van der Waals surface area contributed by atoms with E-state index in [1.165, 1.54) is 18.0 Å². The Hall–Kier alpha value is -2.60. The first-order chi connectivity index (χ1) is 11.5. The fraction of sp³-hybridized carbons (Fsp3) is 0.111. The third-order valence-corrected chi connectivity index (χ3v) is 4.32. The van der Waals surface area contributed by atoms with Gasteiger partial charge in [0, 0.05) is 17.5 Å². The number of nitrogens with zero attached hydrogens (tertiary/aromatic N) is 2.